The number of ether oxygens (including phenoxy) is 9. The smallest absolute Gasteiger partial charge is 0.187 e. The van der Waals surface area contributed by atoms with E-state index in [-0.39, 0.29) is 0 Å². The average Bonchev–Trinajstić information content (AvgIpc) is 3.78. The van der Waals surface area contributed by atoms with Crippen LogP contribution in [0.2, 0.25) is 0 Å². The van der Waals surface area contributed by atoms with E-state index >= 15 is 0 Å². The minimum Gasteiger partial charge on any atom is -0.394 e. The fraction of sp³-hybridized carbons (Fsp3) is 1.00. The van der Waals surface area contributed by atoms with Gasteiger partial charge in [-0.3, -0.25) is 0 Å². The van der Waals surface area contributed by atoms with Crippen LogP contribution in [0.1, 0.15) is 0 Å². The average molecular weight is 679 g/mol. The van der Waals surface area contributed by atoms with E-state index < -0.39 is 156 Å². The summed E-state index contributed by atoms with van der Waals surface area (Å²) in [5.74, 6) is 0. The van der Waals surface area contributed by atoms with Crippen LogP contribution >= 0.6 is 0 Å². The summed E-state index contributed by atoms with van der Waals surface area (Å²) in [7, 11) is 0. The molecule has 46 heavy (non-hydrogen) atoms. The van der Waals surface area contributed by atoms with Crippen LogP contribution in [0.15, 0.2) is 0 Å². The third kappa shape index (κ3) is 6.94. The molecule has 5 aliphatic heterocycles. The fourth-order valence-electron chi connectivity index (χ4n) is 5.98. The molecule has 20 atom stereocenters. The Bertz CT molecular complexity index is 965. The molecule has 5 heterocycles. The Morgan fingerprint density at radius 3 is 1.20 bits per heavy atom. The quantitative estimate of drug-likeness (QED) is 0.0860. The molecule has 0 aliphatic carbocycles. The van der Waals surface area contributed by atoms with Gasteiger partial charge >= 0.3 is 0 Å². The van der Waals surface area contributed by atoms with Crippen molar-refractivity contribution in [1.29, 1.82) is 0 Å². The van der Waals surface area contributed by atoms with Gasteiger partial charge in [0.1, 0.15) is 91.6 Å². The zero-order valence-electron chi connectivity index (χ0n) is 24.1. The highest BCUT2D eigenvalue weighted by Crippen LogP contribution is 2.37. The van der Waals surface area contributed by atoms with Gasteiger partial charge < -0.3 is 104 Å². The van der Waals surface area contributed by atoms with Crippen LogP contribution in [-0.4, -0.2) is 217 Å². The molecule has 0 amide bonds. The summed E-state index contributed by atoms with van der Waals surface area (Å²) in [5.41, 5.74) is 0. The van der Waals surface area contributed by atoms with Gasteiger partial charge in [0.05, 0.1) is 33.0 Å². The fourth-order valence-corrected chi connectivity index (χ4v) is 5.98. The molecule has 21 heteroatoms. The first-order valence-corrected chi connectivity index (χ1v) is 14.7. The van der Waals surface area contributed by atoms with Gasteiger partial charge in [-0.2, -0.15) is 0 Å². The molecule has 5 rings (SSSR count). The summed E-state index contributed by atoms with van der Waals surface area (Å²) in [5, 5.41) is 121. The van der Waals surface area contributed by atoms with Crippen molar-refractivity contribution >= 4 is 0 Å². The van der Waals surface area contributed by atoms with Crippen LogP contribution in [0.25, 0.3) is 0 Å². The zero-order valence-corrected chi connectivity index (χ0v) is 24.1. The van der Waals surface area contributed by atoms with Gasteiger partial charge in [-0.25, -0.2) is 0 Å². The van der Waals surface area contributed by atoms with E-state index in [4.69, 9.17) is 42.6 Å². The van der Waals surface area contributed by atoms with Crippen molar-refractivity contribution in [2.75, 3.05) is 33.0 Å². The second-order valence-corrected chi connectivity index (χ2v) is 11.5. The van der Waals surface area contributed by atoms with E-state index in [1.165, 1.54) is 0 Å². The maximum atomic E-state index is 11.0. The van der Waals surface area contributed by atoms with Crippen molar-refractivity contribution < 1.29 is 104 Å². The van der Waals surface area contributed by atoms with E-state index in [2.05, 4.69) is 0 Å². The van der Waals surface area contributed by atoms with Crippen molar-refractivity contribution in [3.63, 3.8) is 0 Å². The van der Waals surface area contributed by atoms with Gasteiger partial charge in [0, 0.05) is 0 Å². The molecule has 0 bridgehead atoms. The molecule has 268 valence electrons. The monoisotopic (exact) mass is 678 g/mol. The molecule has 0 saturated carbocycles. The number of aliphatic hydroxyl groups excluding tert-OH is 12. The Morgan fingerprint density at radius 1 is 0.326 bits per heavy atom. The minimum atomic E-state index is -1.80. The largest absolute Gasteiger partial charge is 0.394 e. The second kappa shape index (κ2) is 15.4. The molecular formula is C25H42O21. The molecule has 21 nitrogen and oxygen atoms in total. The maximum absolute atomic E-state index is 11.0. The van der Waals surface area contributed by atoms with Crippen LogP contribution in [0.4, 0.5) is 0 Å². The predicted octanol–water partition coefficient (Wildman–Crippen LogP) is -8.73. The maximum Gasteiger partial charge on any atom is 0.187 e. The van der Waals surface area contributed by atoms with Gasteiger partial charge in [-0.1, -0.05) is 0 Å². The molecular weight excluding hydrogens is 636 g/mol. The summed E-state index contributed by atoms with van der Waals surface area (Å²) >= 11 is 0. The van der Waals surface area contributed by atoms with Gasteiger partial charge in [0.15, 0.2) is 31.5 Å². The number of rotatable bonds is 13. The Labute approximate surface area is 260 Å². The molecule has 0 radical (unpaired) electrons. The third-order valence-corrected chi connectivity index (χ3v) is 8.57. The first-order valence-electron chi connectivity index (χ1n) is 14.7. The molecule has 0 aromatic heterocycles. The molecule has 0 aromatic carbocycles. The predicted molar refractivity (Wildman–Crippen MR) is 136 cm³/mol. The molecule has 5 saturated heterocycles. The molecule has 12 N–H and O–H groups in total. The second-order valence-electron chi connectivity index (χ2n) is 11.5. The van der Waals surface area contributed by atoms with Crippen LogP contribution in [-0.2, 0) is 42.6 Å². The lowest BCUT2D eigenvalue weighted by Crippen LogP contribution is -2.49. The normalized spacial score (nSPS) is 52.7. The first kappa shape index (κ1) is 36.4. The summed E-state index contributed by atoms with van der Waals surface area (Å²) < 4.78 is 49.9. The number of hydrogen-bond acceptors (Lipinski definition) is 21. The Hall–Kier alpha value is -0.840. The summed E-state index contributed by atoms with van der Waals surface area (Å²) in [6.07, 6.45) is -30.0. The Balaban J connectivity index is 1.29. The van der Waals surface area contributed by atoms with E-state index in [1.807, 2.05) is 0 Å². The molecule has 0 aromatic rings. The van der Waals surface area contributed by atoms with Gasteiger partial charge in [0.25, 0.3) is 0 Å². The standard InChI is InChI=1S/C25H42O21/c26-1-6-11(31)14(34)22(39-6)43-17-9(4-29)42-24(16(17)36)45-19-13(33)8(3-28)41-25(19)46-20-18(10(5-30)38-21(20)37)44-23-15(35)12(32)7(2-27)40-23/h6-37H,1-5H2/t6-,7-,8-,9-,10-,11-,12-,13-,14+,15+,16+,17-,18-,19+,20+,21-,22-,23-,24+,25+/m0/s1. The van der Waals surface area contributed by atoms with Crippen molar-refractivity contribution in [3.8, 4) is 0 Å². The Kier molecular flexibility index (Phi) is 12.2. The summed E-state index contributed by atoms with van der Waals surface area (Å²) in [4.78, 5) is 0. The van der Waals surface area contributed by atoms with Crippen LogP contribution in [0, 0.1) is 0 Å². The van der Waals surface area contributed by atoms with Crippen molar-refractivity contribution in [2.24, 2.45) is 0 Å². The lowest BCUT2D eigenvalue weighted by Gasteiger charge is -2.31. The Morgan fingerprint density at radius 2 is 0.696 bits per heavy atom. The van der Waals surface area contributed by atoms with Gasteiger partial charge in [-0.05, 0) is 0 Å². The molecule has 5 aliphatic rings. The van der Waals surface area contributed by atoms with Crippen LogP contribution in [0.5, 0.6) is 0 Å². The molecule has 0 spiro atoms. The third-order valence-electron chi connectivity index (χ3n) is 8.57. The van der Waals surface area contributed by atoms with Gasteiger partial charge in [0.2, 0.25) is 0 Å². The lowest BCUT2D eigenvalue weighted by atomic mass is 10.1. The first-order chi connectivity index (χ1) is 22.0. The molecule has 0 unspecified atom stereocenters. The number of hydrogen-bond donors (Lipinski definition) is 12. The number of aliphatic hydroxyl groups is 12. The van der Waals surface area contributed by atoms with Crippen molar-refractivity contribution in [1.82, 2.24) is 0 Å². The highest BCUT2D eigenvalue weighted by molar-refractivity contribution is 4.97. The highest BCUT2D eigenvalue weighted by Gasteiger charge is 2.57. The van der Waals surface area contributed by atoms with E-state index in [1.54, 1.807) is 0 Å². The highest BCUT2D eigenvalue weighted by atomic mass is 16.8. The summed E-state index contributed by atoms with van der Waals surface area (Å²) in [6, 6.07) is 0. The van der Waals surface area contributed by atoms with Crippen LogP contribution < -0.4 is 0 Å². The zero-order chi connectivity index (χ0) is 33.4. The topological polar surface area (TPSA) is 326 Å². The van der Waals surface area contributed by atoms with E-state index in [9.17, 15) is 61.3 Å². The van der Waals surface area contributed by atoms with E-state index in [0.29, 0.717) is 0 Å². The SMILES string of the molecule is OC[C@@H]1O[C@@H](O[C@@H]2[C@@H](O)[C@@H](O[C@H]3[C@@H](O[C@@H]4[C@@H](O[C@@H]5O[C@@H](CO)[C@H](O)[C@H]5O)[C@H](CO)O[C@@H]4O)O[C@@H](CO)[C@@H]3O)O[C@H]2CO)[C@H](O)[C@H]1O. The minimum absolute atomic E-state index is 0.644. The van der Waals surface area contributed by atoms with E-state index in [0.717, 1.165) is 0 Å². The van der Waals surface area contributed by atoms with Crippen molar-refractivity contribution in [2.45, 2.75) is 123 Å². The van der Waals surface area contributed by atoms with Gasteiger partial charge in [-0.15, -0.1) is 0 Å². The molecule has 5 fully saturated rings. The summed E-state index contributed by atoms with van der Waals surface area (Å²) in [6.45, 7) is -3.48. The lowest BCUT2D eigenvalue weighted by molar-refractivity contribution is -0.282. The van der Waals surface area contributed by atoms with Crippen LogP contribution in [0.3, 0.4) is 0 Å². The van der Waals surface area contributed by atoms with Crippen molar-refractivity contribution in [3.05, 3.63) is 0 Å².